The molecule has 2 aliphatic rings. The average molecular weight is 229 g/mol. The van der Waals surface area contributed by atoms with Crippen molar-refractivity contribution in [1.82, 2.24) is 0 Å². The molecule has 0 fully saturated rings. The second kappa shape index (κ2) is 4.95. The van der Waals surface area contributed by atoms with Crippen LogP contribution in [0.25, 0.3) is 0 Å². The summed E-state index contributed by atoms with van der Waals surface area (Å²) in [5.41, 5.74) is 0.0425. The molecular weight excluding hydrogens is 214 g/mol. The van der Waals surface area contributed by atoms with E-state index < -0.39 is 5.72 Å². The van der Waals surface area contributed by atoms with Crippen LogP contribution in [0.1, 0.15) is 19.8 Å². The maximum atomic E-state index is 11.5. The van der Waals surface area contributed by atoms with E-state index in [4.69, 9.17) is 4.74 Å². The molecule has 3 heteroatoms. The molecule has 0 radical (unpaired) electrons. The Morgan fingerprint density at radius 1 is 1.41 bits per heavy atom. The Hall–Kier alpha value is -1.90. The zero-order chi connectivity index (χ0) is 12.1. The van der Waals surface area contributed by atoms with Crippen molar-refractivity contribution in [2.75, 3.05) is 0 Å². The quantitative estimate of drug-likeness (QED) is 0.698. The summed E-state index contributed by atoms with van der Waals surface area (Å²) in [4.78, 5) is 15.8. The van der Waals surface area contributed by atoms with Crippen molar-refractivity contribution in [1.29, 1.82) is 0 Å². The Labute approximate surface area is 101 Å². The maximum Gasteiger partial charge on any atom is 0.308 e. The monoisotopic (exact) mass is 229 g/mol. The number of ether oxygens (including phenoxy) is 1. The van der Waals surface area contributed by atoms with Gasteiger partial charge in [0.2, 0.25) is 5.72 Å². The van der Waals surface area contributed by atoms with Gasteiger partial charge in [0.25, 0.3) is 0 Å². The summed E-state index contributed by atoms with van der Waals surface area (Å²) >= 11 is 0. The molecule has 1 unspecified atom stereocenters. The molecule has 0 N–H and O–H groups in total. The van der Waals surface area contributed by atoms with Gasteiger partial charge >= 0.3 is 5.97 Å². The third-order valence-corrected chi connectivity index (χ3v) is 2.69. The van der Waals surface area contributed by atoms with Crippen molar-refractivity contribution in [2.45, 2.75) is 25.5 Å². The van der Waals surface area contributed by atoms with Crippen LogP contribution in [0.5, 0.6) is 0 Å². The Kier molecular flexibility index (Phi) is 3.38. The molecule has 1 atom stereocenters. The predicted molar refractivity (Wildman–Crippen MR) is 67.7 cm³/mol. The predicted octanol–water partition coefficient (Wildman–Crippen LogP) is 2.72. The number of allylic oxidation sites excluding steroid dienone is 6. The summed E-state index contributed by atoms with van der Waals surface area (Å²) in [6.07, 6.45) is 16.2. The van der Waals surface area contributed by atoms with Crippen LogP contribution in [-0.4, -0.2) is 17.9 Å². The van der Waals surface area contributed by atoms with Gasteiger partial charge in [-0.2, -0.15) is 0 Å². The van der Waals surface area contributed by atoms with Gasteiger partial charge in [-0.25, -0.2) is 4.99 Å². The summed E-state index contributed by atoms with van der Waals surface area (Å²) in [7, 11) is 0. The lowest BCUT2D eigenvalue weighted by Crippen LogP contribution is -2.31. The van der Waals surface area contributed by atoms with Crippen LogP contribution in [0.15, 0.2) is 53.1 Å². The van der Waals surface area contributed by atoms with E-state index in [1.807, 2.05) is 42.5 Å². The van der Waals surface area contributed by atoms with Gasteiger partial charge in [0.05, 0.1) is 0 Å². The molecule has 1 heterocycles. The van der Waals surface area contributed by atoms with E-state index in [9.17, 15) is 4.79 Å². The molecular formula is C14H15NO2. The highest BCUT2D eigenvalue weighted by Gasteiger charge is 2.35. The number of carbonyl (C=O) groups is 1. The molecule has 0 aromatic carbocycles. The summed E-state index contributed by atoms with van der Waals surface area (Å²) in [5, 5.41) is 0. The van der Waals surface area contributed by atoms with Crippen LogP contribution in [0, 0.1) is 0 Å². The van der Waals surface area contributed by atoms with Gasteiger partial charge in [-0.1, -0.05) is 37.3 Å². The van der Waals surface area contributed by atoms with Crippen LogP contribution in [-0.2, 0) is 9.53 Å². The van der Waals surface area contributed by atoms with Gasteiger partial charge in [-0.05, 0) is 18.6 Å². The van der Waals surface area contributed by atoms with Crippen LogP contribution < -0.4 is 0 Å². The highest BCUT2D eigenvalue weighted by Crippen LogP contribution is 2.32. The van der Waals surface area contributed by atoms with Crippen LogP contribution >= 0.6 is 0 Å². The molecule has 0 spiro atoms. The largest absolute Gasteiger partial charge is 0.429 e. The summed E-state index contributed by atoms with van der Waals surface area (Å²) in [6, 6.07) is 0. The smallest absolute Gasteiger partial charge is 0.308 e. The van der Waals surface area contributed by atoms with Crippen molar-refractivity contribution in [3.63, 3.8) is 0 Å². The number of aliphatic imine (C=N–C) groups is 1. The van der Waals surface area contributed by atoms with Crippen molar-refractivity contribution in [3.05, 3.63) is 48.1 Å². The Morgan fingerprint density at radius 3 is 3.00 bits per heavy atom. The molecule has 1 aliphatic carbocycles. The molecule has 0 amide bonds. The first-order valence-corrected chi connectivity index (χ1v) is 5.74. The maximum absolute atomic E-state index is 11.5. The number of carbonyl (C=O) groups excluding carboxylic acids is 1. The van der Waals surface area contributed by atoms with E-state index in [2.05, 4.69) is 4.99 Å². The minimum atomic E-state index is -0.924. The lowest BCUT2D eigenvalue weighted by molar-refractivity contribution is -0.151. The number of hydrogen-bond donors (Lipinski definition) is 0. The average Bonchev–Trinajstić information content (AvgIpc) is 2.64. The van der Waals surface area contributed by atoms with E-state index in [-0.39, 0.29) is 5.97 Å². The highest BCUT2D eigenvalue weighted by molar-refractivity contribution is 5.78. The molecule has 0 bridgehead atoms. The fraction of sp³-hybridized carbons (Fsp3) is 0.286. The van der Waals surface area contributed by atoms with Crippen LogP contribution in [0.3, 0.4) is 0 Å². The molecule has 3 nitrogen and oxygen atoms in total. The van der Waals surface area contributed by atoms with E-state index in [0.29, 0.717) is 6.42 Å². The molecule has 0 aromatic rings. The highest BCUT2D eigenvalue weighted by atomic mass is 16.6. The van der Waals surface area contributed by atoms with Gasteiger partial charge in [0.15, 0.2) is 0 Å². The third kappa shape index (κ3) is 2.44. The van der Waals surface area contributed by atoms with E-state index >= 15 is 0 Å². The minimum absolute atomic E-state index is 0.244. The van der Waals surface area contributed by atoms with E-state index in [1.54, 1.807) is 13.1 Å². The molecule has 1 aliphatic heterocycles. The number of nitrogens with zero attached hydrogens (tertiary/aromatic N) is 1. The number of esters is 1. The van der Waals surface area contributed by atoms with Crippen LogP contribution in [0.4, 0.5) is 0 Å². The molecule has 2 rings (SSSR count). The van der Waals surface area contributed by atoms with Crippen molar-refractivity contribution >= 4 is 12.2 Å². The first-order valence-electron chi connectivity index (χ1n) is 5.74. The van der Waals surface area contributed by atoms with Gasteiger partial charge in [-0.15, -0.1) is 0 Å². The number of rotatable bonds is 3. The van der Waals surface area contributed by atoms with Gasteiger partial charge < -0.3 is 4.74 Å². The second-order valence-corrected chi connectivity index (χ2v) is 3.87. The normalized spacial score (nSPS) is 25.8. The molecule has 0 saturated carbocycles. The summed E-state index contributed by atoms with van der Waals surface area (Å²) in [5.74, 6) is -0.244. The lowest BCUT2D eigenvalue weighted by Gasteiger charge is -2.26. The fourth-order valence-corrected chi connectivity index (χ4v) is 1.77. The van der Waals surface area contributed by atoms with E-state index in [0.717, 1.165) is 12.0 Å². The number of hydrogen-bond acceptors (Lipinski definition) is 3. The first kappa shape index (κ1) is 11.6. The molecule has 0 saturated heterocycles. The molecule has 0 aromatic heterocycles. The zero-order valence-corrected chi connectivity index (χ0v) is 9.80. The van der Waals surface area contributed by atoms with Gasteiger partial charge in [0.1, 0.15) is 0 Å². The minimum Gasteiger partial charge on any atom is -0.429 e. The fourth-order valence-electron chi connectivity index (χ4n) is 1.77. The summed E-state index contributed by atoms with van der Waals surface area (Å²) in [6.45, 7) is 1.78. The Bertz CT molecular complexity index is 441. The Morgan fingerprint density at radius 2 is 2.29 bits per heavy atom. The van der Waals surface area contributed by atoms with Gasteiger partial charge in [-0.3, -0.25) is 4.79 Å². The third-order valence-electron chi connectivity index (χ3n) is 2.69. The van der Waals surface area contributed by atoms with E-state index in [1.165, 1.54) is 0 Å². The SMILES string of the molecule is CCC(=O)OC1(C2=CC=CC=CC2)C=CC=N1. The second-order valence-electron chi connectivity index (χ2n) is 3.87. The van der Waals surface area contributed by atoms with Crippen molar-refractivity contribution in [2.24, 2.45) is 4.99 Å². The lowest BCUT2D eigenvalue weighted by atomic mass is 10.00. The first-order chi connectivity index (χ1) is 8.27. The Balaban J connectivity index is 2.29. The standard InChI is InChI=1S/C14H15NO2/c1-2-13(16)17-14(10-7-11-15-14)12-8-5-3-4-6-9-12/h3-8,10-11H,2,9H2,1H3. The summed E-state index contributed by atoms with van der Waals surface area (Å²) < 4.78 is 5.48. The zero-order valence-electron chi connectivity index (χ0n) is 9.80. The van der Waals surface area contributed by atoms with Crippen molar-refractivity contribution < 1.29 is 9.53 Å². The van der Waals surface area contributed by atoms with Gasteiger partial charge in [0, 0.05) is 18.2 Å². The van der Waals surface area contributed by atoms with Crippen LogP contribution in [0.2, 0.25) is 0 Å². The molecule has 88 valence electrons. The van der Waals surface area contributed by atoms with Crippen molar-refractivity contribution in [3.8, 4) is 0 Å². The topological polar surface area (TPSA) is 38.7 Å². The molecule has 17 heavy (non-hydrogen) atoms.